The first-order valence-electron chi connectivity index (χ1n) is 9.98. The maximum atomic E-state index is 13.0. The van der Waals surface area contributed by atoms with Gasteiger partial charge in [0.1, 0.15) is 0 Å². The van der Waals surface area contributed by atoms with E-state index in [0.717, 1.165) is 22.0 Å². The number of hydrogen-bond acceptors (Lipinski definition) is 5. The van der Waals surface area contributed by atoms with Crippen molar-refractivity contribution >= 4 is 16.8 Å². The summed E-state index contributed by atoms with van der Waals surface area (Å²) in [6.45, 7) is 0.872. The SMILES string of the molecule is O=C(c1ccc(-c2cnco2)cc1)N1C[C@@H](Cc2ccnc3ccccc23)[C@H](O)C1. The second-order valence-electron chi connectivity index (χ2n) is 7.67. The summed E-state index contributed by atoms with van der Waals surface area (Å²) in [4.78, 5) is 23.0. The zero-order valence-corrected chi connectivity index (χ0v) is 16.3. The number of rotatable bonds is 4. The Hall–Kier alpha value is -3.51. The van der Waals surface area contributed by atoms with Crippen LogP contribution in [0.2, 0.25) is 0 Å². The molecule has 1 saturated heterocycles. The highest BCUT2D eigenvalue weighted by Crippen LogP contribution is 2.27. The fourth-order valence-electron chi connectivity index (χ4n) is 4.15. The minimum absolute atomic E-state index is 0.00628. The van der Waals surface area contributed by atoms with Gasteiger partial charge in [-0.1, -0.05) is 30.3 Å². The van der Waals surface area contributed by atoms with Gasteiger partial charge in [-0.15, -0.1) is 0 Å². The zero-order chi connectivity index (χ0) is 20.5. The Labute approximate surface area is 173 Å². The first-order valence-corrected chi connectivity index (χ1v) is 9.98. The van der Waals surface area contributed by atoms with Crippen LogP contribution in [0.5, 0.6) is 0 Å². The van der Waals surface area contributed by atoms with Gasteiger partial charge in [0.2, 0.25) is 0 Å². The van der Waals surface area contributed by atoms with Gasteiger partial charge in [-0.3, -0.25) is 9.78 Å². The number of β-amino-alcohol motifs (C(OH)–C–C–N with tert-alkyl or cyclic N) is 1. The van der Waals surface area contributed by atoms with Gasteiger partial charge in [0.15, 0.2) is 12.2 Å². The lowest BCUT2D eigenvalue weighted by atomic mass is 9.94. The fourth-order valence-corrected chi connectivity index (χ4v) is 4.15. The van der Waals surface area contributed by atoms with E-state index in [-0.39, 0.29) is 11.8 Å². The van der Waals surface area contributed by atoms with E-state index in [1.165, 1.54) is 6.39 Å². The molecule has 1 N–H and O–H groups in total. The number of amides is 1. The summed E-state index contributed by atoms with van der Waals surface area (Å²) in [7, 11) is 0. The number of hydrogen-bond donors (Lipinski definition) is 1. The molecule has 0 bridgehead atoms. The van der Waals surface area contributed by atoms with Gasteiger partial charge in [0, 0.05) is 41.7 Å². The monoisotopic (exact) mass is 399 g/mol. The normalized spacial score (nSPS) is 18.8. The number of likely N-dealkylation sites (tertiary alicyclic amines) is 1. The third kappa shape index (κ3) is 3.46. The highest BCUT2D eigenvalue weighted by molar-refractivity contribution is 5.95. The Morgan fingerprint density at radius 1 is 1.10 bits per heavy atom. The molecule has 1 aliphatic heterocycles. The zero-order valence-electron chi connectivity index (χ0n) is 16.3. The first kappa shape index (κ1) is 18.5. The summed E-state index contributed by atoms with van der Waals surface area (Å²) in [5.41, 5.74) is 3.56. The van der Waals surface area contributed by atoms with Gasteiger partial charge in [-0.05, 0) is 36.2 Å². The van der Waals surface area contributed by atoms with Crippen LogP contribution in [0.3, 0.4) is 0 Å². The predicted octanol–water partition coefficient (Wildman–Crippen LogP) is 3.57. The number of aromatic nitrogens is 2. The van der Waals surface area contributed by atoms with Crippen LogP contribution in [0.4, 0.5) is 0 Å². The molecule has 0 unspecified atom stereocenters. The van der Waals surface area contributed by atoms with Crippen molar-refractivity contribution in [1.29, 1.82) is 0 Å². The molecule has 0 aliphatic carbocycles. The number of aliphatic hydroxyl groups excluding tert-OH is 1. The van der Waals surface area contributed by atoms with Crippen LogP contribution in [-0.2, 0) is 6.42 Å². The van der Waals surface area contributed by atoms with Crippen molar-refractivity contribution in [3.63, 3.8) is 0 Å². The van der Waals surface area contributed by atoms with Gasteiger partial charge >= 0.3 is 0 Å². The first-order chi connectivity index (χ1) is 14.7. The van der Waals surface area contributed by atoms with Gasteiger partial charge in [0.25, 0.3) is 5.91 Å². The van der Waals surface area contributed by atoms with E-state index in [0.29, 0.717) is 30.8 Å². The third-order valence-electron chi connectivity index (χ3n) is 5.76. The highest BCUT2D eigenvalue weighted by Gasteiger charge is 2.34. The molecule has 3 heterocycles. The molecule has 4 aromatic rings. The molecule has 1 aliphatic rings. The molecule has 2 aromatic heterocycles. The molecule has 1 amide bonds. The van der Waals surface area contributed by atoms with Crippen LogP contribution in [0.25, 0.3) is 22.2 Å². The van der Waals surface area contributed by atoms with Gasteiger partial charge < -0.3 is 14.4 Å². The lowest BCUT2D eigenvalue weighted by Gasteiger charge is -2.17. The van der Waals surface area contributed by atoms with Crippen molar-refractivity contribution in [3.8, 4) is 11.3 Å². The summed E-state index contributed by atoms with van der Waals surface area (Å²) in [5, 5.41) is 11.7. The number of benzene rings is 2. The quantitative estimate of drug-likeness (QED) is 0.568. The summed E-state index contributed by atoms with van der Waals surface area (Å²) in [5.74, 6) is 0.587. The van der Waals surface area contributed by atoms with E-state index in [4.69, 9.17) is 4.42 Å². The minimum Gasteiger partial charge on any atom is -0.444 e. The number of para-hydroxylation sites is 1. The Balaban J connectivity index is 1.31. The molecular formula is C24H21N3O3. The standard InChI is InChI=1S/C24H21N3O3/c28-22-14-27(24(29)17-7-5-16(6-8-17)23-12-25-15-30-23)13-19(22)11-18-9-10-26-21-4-2-1-3-20(18)21/h1-10,12,15,19,22,28H,11,13-14H2/t19-,22-/m1/s1. The minimum atomic E-state index is -0.547. The number of fused-ring (bicyclic) bond motifs is 1. The van der Waals surface area contributed by atoms with Crippen LogP contribution in [0.1, 0.15) is 15.9 Å². The second-order valence-corrected chi connectivity index (χ2v) is 7.67. The Bertz CT molecular complexity index is 1170. The van der Waals surface area contributed by atoms with E-state index in [9.17, 15) is 9.90 Å². The van der Waals surface area contributed by atoms with E-state index < -0.39 is 6.10 Å². The van der Waals surface area contributed by atoms with Crippen molar-refractivity contribution in [1.82, 2.24) is 14.9 Å². The molecule has 0 saturated carbocycles. The number of nitrogens with zero attached hydrogens (tertiary/aromatic N) is 3. The number of carbonyl (C=O) groups is 1. The molecule has 6 heteroatoms. The summed E-state index contributed by atoms with van der Waals surface area (Å²) < 4.78 is 5.29. The smallest absolute Gasteiger partial charge is 0.253 e. The Kier molecular flexibility index (Phi) is 4.77. The lowest BCUT2D eigenvalue weighted by molar-refractivity contribution is 0.0764. The van der Waals surface area contributed by atoms with Crippen LogP contribution in [0, 0.1) is 5.92 Å². The lowest BCUT2D eigenvalue weighted by Crippen LogP contribution is -2.29. The highest BCUT2D eigenvalue weighted by atomic mass is 16.3. The Morgan fingerprint density at radius 3 is 2.73 bits per heavy atom. The summed E-state index contributed by atoms with van der Waals surface area (Å²) in [6.07, 6.45) is 4.98. The third-order valence-corrected chi connectivity index (χ3v) is 5.76. The number of pyridine rings is 1. The van der Waals surface area contributed by atoms with Gasteiger partial charge in [-0.25, -0.2) is 4.98 Å². The summed E-state index contributed by atoms with van der Waals surface area (Å²) in [6, 6.07) is 17.3. The van der Waals surface area contributed by atoms with Crippen molar-refractivity contribution in [2.45, 2.75) is 12.5 Å². The average molecular weight is 399 g/mol. The maximum absolute atomic E-state index is 13.0. The van der Waals surface area contributed by atoms with Crippen LogP contribution in [0.15, 0.2) is 77.8 Å². The topological polar surface area (TPSA) is 79.5 Å². The van der Waals surface area contributed by atoms with E-state index in [1.807, 2.05) is 36.4 Å². The van der Waals surface area contributed by atoms with Crippen LogP contribution >= 0.6 is 0 Å². The number of oxazole rings is 1. The maximum Gasteiger partial charge on any atom is 0.253 e. The van der Waals surface area contributed by atoms with Crippen molar-refractivity contribution in [2.75, 3.05) is 13.1 Å². The van der Waals surface area contributed by atoms with E-state index in [2.05, 4.69) is 16.0 Å². The molecule has 150 valence electrons. The second kappa shape index (κ2) is 7.72. The van der Waals surface area contributed by atoms with Crippen LogP contribution in [-0.4, -0.2) is 45.1 Å². The molecule has 0 radical (unpaired) electrons. The molecule has 6 nitrogen and oxygen atoms in total. The van der Waals surface area contributed by atoms with Gasteiger partial charge in [0.05, 0.1) is 17.8 Å². The molecule has 30 heavy (non-hydrogen) atoms. The van der Waals surface area contributed by atoms with Gasteiger partial charge in [-0.2, -0.15) is 0 Å². The fraction of sp³-hybridized carbons (Fsp3) is 0.208. The molecule has 5 rings (SSSR count). The van der Waals surface area contributed by atoms with Crippen molar-refractivity contribution in [2.24, 2.45) is 5.92 Å². The van der Waals surface area contributed by atoms with E-state index >= 15 is 0 Å². The largest absolute Gasteiger partial charge is 0.444 e. The van der Waals surface area contributed by atoms with E-state index in [1.54, 1.807) is 29.4 Å². The predicted molar refractivity (Wildman–Crippen MR) is 113 cm³/mol. The van der Waals surface area contributed by atoms with Crippen LogP contribution < -0.4 is 0 Å². The van der Waals surface area contributed by atoms with Crippen molar-refractivity contribution < 1.29 is 14.3 Å². The average Bonchev–Trinajstić information content (AvgIpc) is 3.44. The molecule has 2 aromatic carbocycles. The molecule has 2 atom stereocenters. The number of aliphatic hydroxyl groups is 1. The molecule has 0 spiro atoms. The molecule has 1 fully saturated rings. The number of carbonyl (C=O) groups excluding carboxylic acids is 1. The molecular weight excluding hydrogens is 378 g/mol. The summed E-state index contributed by atoms with van der Waals surface area (Å²) >= 11 is 0. The van der Waals surface area contributed by atoms with Crippen molar-refractivity contribution in [3.05, 3.63) is 84.5 Å². The Morgan fingerprint density at radius 2 is 1.93 bits per heavy atom.